The van der Waals surface area contributed by atoms with Crippen molar-refractivity contribution in [1.29, 1.82) is 0 Å². The Morgan fingerprint density at radius 1 is 1.03 bits per heavy atom. The fourth-order valence-electron chi connectivity index (χ4n) is 5.07. The molecule has 0 radical (unpaired) electrons. The Morgan fingerprint density at radius 2 is 1.64 bits per heavy atom. The van der Waals surface area contributed by atoms with E-state index in [4.69, 9.17) is 4.74 Å². The number of anilines is 1. The minimum absolute atomic E-state index is 0.157. The van der Waals surface area contributed by atoms with Crippen molar-refractivity contribution in [2.75, 3.05) is 57.0 Å². The van der Waals surface area contributed by atoms with Gasteiger partial charge in [0.25, 0.3) is 0 Å². The average molecular weight is 490 g/mol. The zero-order valence-corrected chi connectivity index (χ0v) is 19.5. The highest BCUT2D eigenvalue weighted by Crippen LogP contribution is 2.44. The molecule has 3 saturated heterocycles. The Morgan fingerprint density at radius 3 is 2.18 bits per heavy atom. The fraction of sp³-hybridized carbons (Fsp3) is 0.682. The third kappa shape index (κ3) is 5.46. The molecule has 3 heterocycles. The van der Waals surface area contributed by atoms with Crippen LogP contribution < -0.4 is 4.90 Å². The van der Waals surface area contributed by atoms with E-state index in [9.17, 15) is 26.4 Å². The van der Waals surface area contributed by atoms with Crippen molar-refractivity contribution in [3.8, 4) is 0 Å². The monoisotopic (exact) mass is 489 g/mol. The number of nitrogens with zero attached hydrogens (tertiary/aromatic N) is 3. The maximum atomic E-state index is 12.8. The van der Waals surface area contributed by atoms with Gasteiger partial charge in [0.05, 0.1) is 17.2 Å². The standard InChI is InChI=1S/C22H30F3N3O4S/c1-33(30,31)28-10-7-21(8-11-28)16-19(32-20(21)29)6-9-26-12-14-27(15-13-26)18-4-2-17(3-5-18)22(23,24)25/h2-5,19H,6-16H2,1H3. The van der Waals surface area contributed by atoms with E-state index in [-0.39, 0.29) is 12.1 Å². The molecule has 7 nitrogen and oxygen atoms in total. The third-order valence-corrected chi connectivity index (χ3v) is 8.48. The number of ether oxygens (including phenoxy) is 1. The number of esters is 1. The molecule has 184 valence electrons. The predicted molar refractivity (Wildman–Crippen MR) is 117 cm³/mol. The van der Waals surface area contributed by atoms with Crippen molar-refractivity contribution in [1.82, 2.24) is 9.21 Å². The zero-order chi connectivity index (χ0) is 23.9. The lowest BCUT2D eigenvalue weighted by molar-refractivity contribution is -0.150. The number of carbonyl (C=O) groups is 1. The van der Waals surface area contributed by atoms with Crippen LogP contribution in [-0.2, 0) is 25.7 Å². The summed E-state index contributed by atoms with van der Waals surface area (Å²) in [7, 11) is -3.24. The van der Waals surface area contributed by atoms with Crippen LogP contribution in [0.15, 0.2) is 24.3 Å². The Labute approximate surface area is 192 Å². The summed E-state index contributed by atoms with van der Waals surface area (Å²) >= 11 is 0. The van der Waals surface area contributed by atoms with Gasteiger partial charge in [-0.05, 0) is 43.5 Å². The van der Waals surface area contributed by atoms with E-state index >= 15 is 0 Å². The lowest BCUT2D eigenvalue weighted by atomic mass is 9.76. The van der Waals surface area contributed by atoms with Gasteiger partial charge in [-0.25, -0.2) is 12.7 Å². The maximum absolute atomic E-state index is 12.8. The first-order chi connectivity index (χ1) is 15.5. The smallest absolute Gasteiger partial charge is 0.416 e. The molecular formula is C22H30F3N3O4S. The van der Waals surface area contributed by atoms with Gasteiger partial charge in [0.1, 0.15) is 6.10 Å². The number of cyclic esters (lactones) is 1. The molecule has 3 aliphatic rings. The molecule has 11 heteroatoms. The summed E-state index contributed by atoms with van der Waals surface area (Å²) in [5.41, 5.74) is -0.418. The van der Waals surface area contributed by atoms with Crippen LogP contribution in [0.4, 0.5) is 18.9 Å². The van der Waals surface area contributed by atoms with Gasteiger partial charge >= 0.3 is 12.1 Å². The molecule has 4 rings (SSSR count). The summed E-state index contributed by atoms with van der Waals surface area (Å²) in [6, 6.07) is 5.27. The van der Waals surface area contributed by atoms with Gasteiger partial charge in [-0.15, -0.1) is 0 Å². The third-order valence-electron chi connectivity index (χ3n) is 7.17. The summed E-state index contributed by atoms with van der Waals surface area (Å²) in [6.45, 7) is 4.51. The van der Waals surface area contributed by atoms with Gasteiger partial charge in [0.15, 0.2) is 0 Å². The molecule has 0 N–H and O–H groups in total. The molecule has 1 unspecified atom stereocenters. The molecule has 0 aromatic heterocycles. The topological polar surface area (TPSA) is 70.2 Å². The van der Waals surface area contributed by atoms with E-state index in [1.807, 2.05) is 0 Å². The van der Waals surface area contributed by atoms with Crippen molar-refractivity contribution in [3.63, 3.8) is 0 Å². The lowest BCUT2D eigenvalue weighted by Gasteiger charge is -2.36. The highest BCUT2D eigenvalue weighted by atomic mass is 32.2. The molecule has 0 saturated carbocycles. The molecule has 33 heavy (non-hydrogen) atoms. The molecule has 3 fully saturated rings. The number of alkyl halides is 3. The zero-order valence-electron chi connectivity index (χ0n) is 18.7. The number of piperidine rings is 1. The van der Waals surface area contributed by atoms with E-state index < -0.39 is 27.2 Å². The first-order valence-corrected chi connectivity index (χ1v) is 13.1. The number of carbonyl (C=O) groups excluding carboxylic acids is 1. The second-order valence-electron chi connectivity index (χ2n) is 9.34. The first-order valence-electron chi connectivity index (χ1n) is 11.3. The first kappa shape index (κ1) is 24.3. The van der Waals surface area contributed by atoms with Crippen LogP contribution in [-0.4, -0.2) is 81.8 Å². The molecule has 1 aromatic rings. The Hall–Kier alpha value is -1.85. The molecule has 1 spiro atoms. The number of benzene rings is 1. The van der Waals surface area contributed by atoms with Gasteiger partial charge in [0.2, 0.25) is 10.0 Å². The van der Waals surface area contributed by atoms with Gasteiger partial charge in [-0.3, -0.25) is 9.69 Å². The van der Waals surface area contributed by atoms with Crippen LogP contribution in [0.1, 0.15) is 31.2 Å². The SMILES string of the molecule is CS(=O)(=O)N1CCC2(CC1)CC(CCN1CCN(c3ccc(C(F)(F)F)cc3)CC1)OC2=O. The van der Waals surface area contributed by atoms with Gasteiger partial charge < -0.3 is 9.64 Å². The Bertz CT molecular complexity index is 952. The largest absolute Gasteiger partial charge is 0.462 e. The second-order valence-corrected chi connectivity index (χ2v) is 11.3. The highest BCUT2D eigenvalue weighted by Gasteiger charge is 2.51. The van der Waals surface area contributed by atoms with Crippen molar-refractivity contribution in [3.05, 3.63) is 29.8 Å². The van der Waals surface area contributed by atoms with Crippen molar-refractivity contribution in [2.24, 2.45) is 5.41 Å². The molecule has 1 atom stereocenters. The van der Waals surface area contributed by atoms with Crippen molar-refractivity contribution < 1.29 is 31.1 Å². The molecule has 0 amide bonds. The Balaban J connectivity index is 1.22. The summed E-state index contributed by atoms with van der Waals surface area (Å²) < 4.78 is 68.8. The van der Waals surface area contributed by atoms with Crippen molar-refractivity contribution in [2.45, 2.75) is 38.0 Å². The second kappa shape index (κ2) is 9.07. The quantitative estimate of drug-likeness (QED) is 0.593. The summed E-state index contributed by atoms with van der Waals surface area (Å²) in [5, 5.41) is 0. The van der Waals surface area contributed by atoms with Crippen LogP contribution in [0.5, 0.6) is 0 Å². The average Bonchev–Trinajstić information content (AvgIpc) is 3.06. The maximum Gasteiger partial charge on any atom is 0.416 e. The number of rotatable bonds is 5. The predicted octanol–water partition coefficient (Wildman–Crippen LogP) is 2.57. The number of piperazine rings is 1. The van der Waals surface area contributed by atoms with Gasteiger partial charge in [-0.1, -0.05) is 0 Å². The van der Waals surface area contributed by atoms with E-state index in [0.29, 0.717) is 32.4 Å². The molecule has 0 aliphatic carbocycles. The summed E-state index contributed by atoms with van der Waals surface area (Å²) in [5.74, 6) is -0.201. The number of hydrogen-bond acceptors (Lipinski definition) is 6. The van der Waals surface area contributed by atoms with E-state index in [0.717, 1.165) is 57.0 Å². The summed E-state index contributed by atoms with van der Waals surface area (Å²) in [6.07, 6.45) is -0.932. The lowest BCUT2D eigenvalue weighted by Crippen LogP contribution is -2.47. The van der Waals surface area contributed by atoms with Crippen LogP contribution in [0.25, 0.3) is 0 Å². The van der Waals surface area contributed by atoms with Crippen molar-refractivity contribution >= 4 is 21.7 Å². The minimum Gasteiger partial charge on any atom is -0.462 e. The van der Waals surface area contributed by atoms with E-state index in [1.54, 1.807) is 0 Å². The Kier molecular flexibility index (Phi) is 6.67. The van der Waals surface area contributed by atoms with Gasteiger partial charge in [0, 0.05) is 57.9 Å². The van der Waals surface area contributed by atoms with E-state index in [1.165, 1.54) is 22.7 Å². The molecule has 1 aromatic carbocycles. The van der Waals surface area contributed by atoms with Crippen LogP contribution in [0.3, 0.4) is 0 Å². The van der Waals surface area contributed by atoms with Crippen LogP contribution in [0.2, 0.25) is 0 Å². The summed E-state index contributed by atoms with van der Waals surface area (Å²) in [4.78, 5) is 16.9. The minimum atomic E-state index is -4.33. The van der Waals surface area contributed by atoms with Gasteiger partial charge in [-0.2, -0.15) is 13.2 Å². The van der Waals surface area contributed by atoms with Crippen LogP contribution >= 0.6 is 0 Å². The number of sulfonamides is 1. The molecule has 3 aliphatic heterocycles. The molecule has 0 bridgehead atoms. The molecular weight excluding hydrogens is 459 g/mol. The fourth-order valence-corrected chi connectivity index (χ4v) is 5.92. The van der Waals surface area contributed by atoms with Crippen LogP contribution in [0, 0.1) is 5.41 Å². The highest BCUT2D eigenvalue weighted by molar-refractivity contribution is 7.88. The van der Waals surface area contributed by atoms with E-state index in [2.05, 4.69) is 9.80 Å². The number of halogens is 3. The normalized spacial score (nSPS) is 24.9. The number of hydrogen-bond donors (Lipinski definition) is 0.